The van der Waals surface area contributed by atoms with Crippen molar-refractivity contribution in [3.63, 3.8) is 0 Å². The predicted molar refractivity (Wildman–Crippen MR) is 155 cm³/mol. The van der Waals surface area contributed by atoms with Gasteiger partial charge in [-0.1, -0.05) is 36.4 Å². The third-order valence-corrected chi connectivity index (χ3v) is 7.56. The van der Waals surface area contributed by atoms with E-state index in [0.29, 0.717) is 25.0 Å². The Morgan fingerprint density at radius 3 is 2.51 bits per heavy atom. The summed E-state index contributed by atoms with van der Waals surface area (Å²) in [5.74, 6) is -2.10. The quantitative estimate of drug-likeness (QED) is 0.310. The molecule has 0 spiro atoms. The largest absolute Gasteiger partial charge is 0.457 e. The van der Waals surface area contributed by atoms with Crippen LogP contribution in [0.3, 0.4) is 0 Å². The summed E-state index contributed by atoms with van der Waals surface area (Å²) in [6.07, 6.45) is 3.90. The van der Waals surface area contributed by atoms with Crippen molar-refractivity contribution in [1.82, 2.24) is 21.1 Å². The van der Waals surface area contributed by atoms with Crippen molar-refractivity contribution < 1.29 is 29.0 Å². The van der Waals surface area contributed by atoms with Crippen LogP contribution in [-0.2, 0) is 23.9 Å². The van der Waals surface area contributed by atoms with E-state index in [1.54, 1.807) is 39.8 Å². The van der Waals surface area contributed by atoms with Gasteiger partial charge in [0.2, 0.25) is 5.91 Å². The fourth-order valence-electron chi connectivity index (χ4n) is 4.79. The molecule has 2 heterocycles. The minimum absolute atomic E-state index is 0.00565. The van der Waals surface area contributed by atoms with Crippen molar-refractivity contribution in [3.05, 3.63) is 64.9 Å². The predicted octanol–water partition coefficient (Wildman–Crippen LogP) is 2.88. The van der Waals surface area contributed by atoms with Gasteiger partial charge in [-0.25, -0.2) is 5.43 Å². The molecule has 0 aliphatic carbocycles. The first-order valence-corrected chi connectivity index (χ1v) is 13.8. The molecule has 218 valence electrons. The number of rotatable bonds is 1. The molecule has 4 atom stereocenters. The highest BCUT2D eigenvalue weighted by Crippen LogP contribution is 2.27. The fraction of sp³-hybridized carbons (Fsp3) is 0.419. The van der Waals surface area contributed by atoms with Crippen molar-refractivity contribution in [2.45, 2.75) is 65.6 Å². The molecule has 2 aromatic rings. The lowest BCUT2D eigenvalue weighted by atomic mass is 9.89. The van der Waals surface area contributed by atoms with E-state index in [4.69, 9.17) is 4.74 Å². The van der Waals surface area contributed by atoms with Crippen molar-refractivity contribution in [2.24, 2.45) is 5.41 Å². The molecule has 0 radical (unpaired) electrons. The van der Waals surface area contributed by atoms with Gasteiger partial charge >= 0.3 is 5.97 Å². The van der Waals surface area contributed by atoms with E-state index in [1.807, 2.05) is 36.4 Å². The molecule has 2 aromatic carbocycles. The SMILES string of the molecule is CC(C)=C1NC(=O)[C@@](C)(CO)/C=C/c2ccc3ccc(cc3c2)[C@@H](C)OC(=O)[C@@H]2CCCN(N2)C(=O)[C@H](C)NC1=O. The van der Waals surface area contributed by atoms with Crippen LogP contribution in [0.2, 0.25) is 0 Å². The second-order valence-corrected chi connectivity index (χ2v) is 11.2. The molecular weight excluding hydrogens is 524 g/mol. The first kappa shape index (κ1) is 30.0. The second-order valence-electron chi connectivity index (χ2n) is 11.2. The van der Waals surface area contributed by atoms with Crippen molar-refractivity contribution >= 4 is 40.5 Å². The molecule has 0 saturated carbocycles. The molecule has 1 saturated heterocycles. The lowest BCUT2D eigenvalue weighted by Gasteiger charge is -2.34. The third kappa shape index (κ3) is 6.66. The number of hydrogen-bond donors (Lipinski definition) is 4. The molecule has 1 fully saturated rings. The Hall–Kier alpha value is -4.02. The Kier molecular flexibility index (Phi) is 8.94. The highest BCUT2D eigenvalue weighted by molar-refractivity contribution is 6.01. The Balaban J connectivity index is 1.74. The van der Waals surface area contributed by atoms with Gasteiger partial charge in [0.25, 0.3) is 11.8 Å². The summed E-state index contributed by atoms with van der Waals surface area (Å²) in [6, 6.07) is 9.95. The number of hydrazine groups is 1. The summed E-state index contributed by atoms with van der Waals surface area (Å²) in [4.78, 5) is 52.8. The van der Waals surface area contributed by atoms with Gasteiger partial charge < -0.3 is 20.5 Å². The molecule has 4 rings (SSSR count). The van der Waals surface area contributed by atoms with Crippen molar-refractivity contribution in [1.29, 1.82) is 0 Å². The zero-order valence-electron chi connectivity index (χ0n) is 24.1. The van der Waals surface area contributed by atoms with E-state index >= 15 is 0 Å². The number of benzene rings is 2. The van der Waals surface area contributed by atoms with Crippen LogP contribution < -0.4 is 16.1 Å². The lowest BCUT2D eigenvalue weighted by molar-refractivity contribution is -0.156. The van der Waals surface area contributed by atoms with Crippen LogP contribution >= 0.6 is 0 Å². The first-order valence-electron chi connectivity index (χ1n) is 13.8. The molecule has 4 N–H and O–H groups in total. The number of allylic oxidation sites excluding steroid dienone is 1. The minimum Gasteiger partial charge on any atom is -0.457 e. The summed E-state index contributed by atoms with van der Waals surface area (Å²) in [5.41, 5.74) is 3.75. The number of nitrogens with one attached hydrogen (secondary N) is 3. The summed E-state index contributed by atoms with van der Waals surface area (Å²) in [5, 5.41) is 18.7. The van der Waals surface area contributed by atoms with E-state index in [0.717, 1.165) is 21.9 Å². The van der Waals surface area contributed by atoms with Gasteiger partial charge in [-0.15, -0.1) is 0 Å². The van der Waals surface area contributed by atoms with Gasteiger partial charge in [0, 0.05) is 6.54 Å². The number of carbonyl (C=O) groups is 4. The Morgan fingerprint density at radius 1 is 1.07 bits per heavy atom. The minimum atomic E-state index is -1.34. The van der Waals surface area contributed by atoms with Gasteiger partial charge in [0.1, 0.15) is 23.9 Å². The van der Waals surface area contributed by atoms with Gasteiger partial charge in [-0.2, -0.15) is 0 Å². The Morgan fingerprint density at radius 2 is 1.80 bits per heavy atom. The monoisotopic (exact) mass is 562 g/mol. The molecular formula is C31H38N4O6. The highest BCUT2D eigenvalue weighted by Gasteiger charge is 2.34. The normalized spacial score (nSPS) is 27.2. The van der Waals surface area contributed by atoms with Gasteiger partial charge in [0.15, 0.2) is 0 Å². The molecule has 10 nitrogen and oxygen atoms in total. The number of ether oxygens (including phenoxy) is 1. The summed E-state index contributed by atoms with van der Waals surface area (Å²) in [6.45, 7) is 8.12. The number of carbonyl (C=O) groups excluding carboxylic acids is 4. The number of fused-ring (bicyclic) bond motifs is 4. The van der Waals surface area contributed by atoms with Gasteiger partial charge in [-0.3, -0.25) is 24.2 Å². The van der Waals surface area contributed by atoms with E-state index in [1.165, 1.54) is 11.9 Å². The molecule has 41 heavy (non-hydrogen) atoms. The maximum absolute atomic E-state index is 13.3. The number of cyclic esters (lactones) is 1. The van der Waals surface area contributed by atoms with E-state index in [2.05, 4.69) is 16.1 Å². The second kappa shape index (κ2) is 12.2. The standard InChI is InChI=1S/C31H38N4O6/c1-18(2)26-27(37)32-19(3)28(38)35-14-6-7-25(34-35)29(39)41-20(4)23-11-10-22-9-8-21(15-24(22)16-23)12-13-31(5,17-36)30(40)33-26/h8-13,15-16,19-20,25,34,36H,6-7,14,17H2,1-5H3,(H,32,37)(H,33,40)/b13-12+/t19-,20+,25-,31+/m0/s1. The number of hydrogen-bond acceptors (Lipinski definition) is 7. The van der Waals surface area contributed by atoms with Crippen LogP contribution in [0, 0.1) is 5.41 Å². The number of esters is 1. The van der Waals surface area contributed by atoms with Crippen LogP contribution in [0.4, 0.5) is 0 Å². The van der Waals surface area contributed by atoms with Gasteiger partial charge in [-0.05, 0) is 87.1 Å². The van der Waals surface area contributed by atoms with Crippen LogP contribution in [0.1, 0.15) is 64.7 Å². The average molecular weight is 563 g/mol. The number of aliphatic hydroxyl groups excluding tert-OH is 1. The average Bonchev–Trinajstić information content (AvgIpc) is 2.96. The smallest absolute Gasteiger partial charge is 0.325 e. The summed E-state index contributed by atoms with van der Waals surface area (Å²) in [7, 11) is 0. The molecule has 0 aromatic heterocycles. The molecule has 5 bridgehead atoms. The fourth-order valence-corrected chi connectivity index (χ4v) is 4.79. The van der Waals surface area contributed by atoms with Crippen molar-refractivity contribution in [2.75, 3.05) is 13.2 Å². The summed E-state index contributed by atoms with van der Waals surface area (Å²) < 4.78 is 5.79. The third-order valence-electron chi connectivity index (χ3n) is 7.56. The zero-order chi connectivity index (χ0) is 29.9. The molecule has 2 aliphatic rings. The van der Waals surface area contributed by atoms with Crippen LogP contribution in [0.15, 0.2) is 53.7 Å². The van der Waals surface area contributed by atoms with E-state index in [-0.39, 0.29) is 5.70 Å². The highest BCUT2D eigenvalue weighted by atomic mass is 16.5. The Labute approximate surface area is 239 Å². The summed E-state index contributed by atoms with van der Waals surface area (Å²) >= 11 is 0. The molecule has 0 unspecified atom stereocenters. The maximum Gasteiger partial charge on any atom is 0.325 e. The number of nitrogens with zero attached hydrogens (tertiary/aromatic N) is 1. The van der Waals surface area contributed by atoms with E-state index < -0.39 is 53.9 Å². The number of aliphatic hydroxyl groups is 1. The molecule has 10 heteroatoms. The molecule has 2 aliphatic heterocycles. The lowest BCUT2D eigenvalue weighted by Crippen LogP contribution is -2.59. The zero-order valence-corrected chi connectivity index (χ0v) is 24.1. The molecule has 3 amide bonds. The number of amides is 3. The van der Waals surface area contributed by atoms with Crippen LogP contribution in [0.25, 0.3) is 16.8 Å². The first-order chi connectivity index (χ1) is 19.4. The van der Waals surface area contributed by atoms with Crippen LogP contribution in [0.5, 0.6) is 0 Å². The van der Waals surface area contributed by atoms with Crippen molar-refractivity contribution in [3.8, 4) is 0 Å². The van der Waals surface area contributed by atoms with Gasteiger partial charge in [0.05, 0.1) is 12.0 Å². The maximum atomic E-state index is 13.3. The topological polar surface area (TPSA) is 137 Å². The van der Waals surface area contributed by atoms with Crippen LogP contribution in [-0.4, -0.2) is 59.0 Å². The Bertz CT molecular complexity index is 1430. The van der Waals surface area contributed by atoms with E-state index in [9.17, 15) is 24.3 Å².